The number of hydrogen-bond acceptors (Lipinski definition) is 3. The molecule has 2 unspecified atom stereocenters. The number of ether oxygens (including phenoxy) is 2. The van der Waals surface area contributed by atoms with Crippen LogP contribution < -0.4 is 0 Å². The first-order valence-electron chi connectivity index (χ1n) is 5.14. The highest BCUT2D eigenvalue weighted by molar-refractivity contribution is 5.25. The van der Waals surface area contributed by atoms with E-state index in [1.54, 1.807) is 0 Å². The van der Waals surface area contributed by atoms with Crippen LogP contribution in [-0.2, 0) is 9.47 Å². The van der Waals surface area contributed by atoms with Crippen molar-refractivity contribution < 1.29 is 14.6 Å². The summed E-state index contributed by atoms with van der Waals surface area (Å²) in [5.41, 5.74) is 0.968. The normalized spacial score (nSPS) is 28.1. The monoisotopic (exact) mass is 196 g/mol. The van der Waals surface area contributed by atoms with Crippen molar-refractivity contribution in [2.75, 3.05) is 13.2 Å². The Bertz CT molecular complexity index is 241. The molecular formula is C11H16O3. The van der Waals surface area contributed by atoms with Crippen molar-refractivity contribution in [1.29, 1.82) is 0 Å². The van der Waals surface area contributed by atoms with E-state index in [1.165, 1.54) is 0 Å². The Morgan fingerprint density at radius 3 is 3.00 bits per heavy atom. The van der Waals surface area contributed by atoms with Gasteiger partial charge in [-0.1, -0.05) is 18.2 Å². The van der Waals surface area contributed by atoms with E-state index in [2.05, 4.69) is 12.2 Å². The van der Waals surface area contributed by atoms with Crippen LogP contribution >= 0.6 is 0 Å². The number of hydrogen-bond donors (Lipinski definition) is 1. The molecule has 1 aliphatic heterocycles. The quantitative estimate of drug-likeness (QED) is 0.738. The van der Waals surface area contributed by atoms with Gasteiger partial charge in [0.25, 0.3) is 0 Å². The Kier molecular flexibility index (Phi) is 3.35. The molecule has 3 nitrogen and oxygen atoms in total. The zero-order valence-electron chi connectivity index (χ0n) is 8.19. The lowest BCUT2D eigenvalue weighted by Crippen LogP contribution is -2.32. The predicted molar refractivity (Wildman–Crippen MR) is 52.8 cm³/mol. The molecule has 78 valence electrons. The molecule has 1 saturated heterocycles. The van der Waals surface area contributed by atoms with E-state index in [0.717, 1.165) is 31.4 Å². The Balaban J connectivity index is 1.73. The average molecular weight is 196 g/mol. The van der Waals surface area contributed by atoms with Gasteiger partial charge in [-0.25, -0.2) is 0 Å². The Hall–Kier alpha value is -0.640. The lowest BCUT2D eigenvalue weighted by Gasteiger charge is -2.27. The van der Waals surface area contributed by atoms with Crippen molar-refractivity contribution in [1.82, 2.24) is 0 Å². The zero-order chi connectivity index (χ0) is 9.80. The fourth-order valence-corrected chi connectivity index (χ4v) is 1.52. The standard InChI is InChI=1S/C11H16O3/c12-10(8-14-11-6-7-13-11)9-4-2-1-3-5-9/h2,4-5,10-12H,1,3,6-8H2. The molecule has 2 rings (SSSR count). The van der Waals surface area contributed by atoms with Crippen LogP contribution in [0.2, 0.25) is 0 Å². The highest BCUT2D eigenvalue weighted by Gasteiger charge is 2.20. The third-order valence-electron chi connectivity index (χ3n) is 2.51. The molecule has 2 aliphatic rings. The number of aliphatic hydroxyl groups is 1. The summed E-state index contributed by atoms with van der Waals surface area (Å²) in [7, 11) is 0. The minimum atomic E-state index is -0.504. The van der Waals surface area contributed by atoms with Crippen LogP contribution in [0.1, 0.15) is 19.3 Å². The lowest BCUT2D eigenvalue weighted by atomic mass is 10.0. The van der Waals surface area contributed by atoms with E-state index in [-0.39, 0.29) is 6.29 Å². The summed E-state index contributed by atoms with van der Waals surface area (Å²) < 4.78 is 10.4. The summed E-state index contributed by atoms with van der Waals surface area (Å²) in [4.78, 5) is 0. The Labute approximate surface area is 84.0 Å². The maximum absolute atomic E-state index is 9.74. The van der Waals surface area contributed by atoms with Crippen LogP contribution in [0.15, 0.2) is 23.8 Å². The minimum Gasteiger partial charge on any atom is -0.386 e. The SMILES string of the molecule is OC(COC1CCO1)C1=CCCC=C1. The zero-order valence-corrected chi connectivity index (χ0v) is 8.19. The largest absolute Gasteiger partial charge is 0.386 e. The van der Waals surface area contributed by atoms with Crippen molar-refractivity contribution in [2.45, 2.75) is 31.7 Å². The fraction of sp³-hybridized carbons (Fsp3) is 0.636. The highest BCUT2D eigenvalue weighted by atomic mass is 16.7. The molecule has 1 fully saturated rings. The third kappa shape index (κ3) is 2.44. The van der Waals surface area contributed by atoms with Crippen molar-refractivity contribution in [2.24, 2.45) is 0 Å². The lowest BCUT2D eigenvalue weighted by molar-refractivity contribution is -0.221. The molecule has 14 heavy (non-hydrogen) atoms. The summed E-state index contributed by atoms with van der Waals surface area (Å²) in [5.74, 6) is 0. The second-order valence-corrected chi connectivity index (χ2v) is 3.62. The summed E-state index contributed by atoms with van der Waals surface area (Å²) in [6.45, 7) is 1.12. The topological polar surface area (TPSA) is 38.7 Å². The molecule has 0 amide bonds. The van der Waals surface area contributed by atoms with Gasteiger partial charge in [0.05, 0.1) is 13.2 Å². The van der Waals surface area contributed by atoms with Crippen LogP contribution in [0.25, 0.3) is 0 Å². The maximum Gasteiger partial charge on any atom is 0.159 e. The molecule has 1 heterocycles. The fourth-order valence-electron chi connectivity index (χ4n) is 1.52. The van der Waals surface area contributed by atoms with Crippen molar-refractivity contribution in [3.05, 3.63) is 23.8 Å². The van der Waals surface area contributed by atoms with Gasteiger partial charge in [0.15, 0.2) is 6.29 Å². The molecule has 0 aromatic carbocycles. The number of aliphatic hydroxyl groups excluding tert-OH is 1. The van der Waals surface area contributed by atoms with Crippen molar-refractivity contribution >= 4 is 0 Å². The molecule has 0 saturated carbocycles. The average Bonchev–Trinajstić information content (AvgIpc) is 2.16. The van der Waals surface area contributed by atoms with E-state index in [0.29, 0.717) is 6.61 Å². The molecule has 2 atom stereocenters. The number of rotatable bonds is 4. The van der Waals surface area contributed by atoms with Gasteiger partial charge in [-0.05, 0) is 18.4 Å². The molecule has 0 bridgehead atoms. The maximum atomic E-state index is 9.74. The summed E-state index contributed by atoms with van der Waals surface area (Å²) in [6.07, 6.45) is 8.56. The van der Waals surface area contributed by atoms with Crippen molar-refractivity contribution in [3.63, 3.8) is 0 Å². The van der Waals surface area contributed by atoms with Crippen LogP contribution in [0, 0.1) is 0 Å². The van der Waals surface area contributed by atoms with E-state index in [4.69, 9.17) is 9.47 Å². The Morgan fingerprint density at radius 1 is 1.57 bits per heavy atom. The smallest absolute Gasteiger partial charge is 0.159 e. The molecule has 1 aliphatic carbocycles. The molecule has 3 heteroatoms. The molecular weight excluding hydrogens is 180 g/mol. The van der Waals surface area contributed by atoms with E-state index < -0.39 is 6.10 Å². The van der Waals surface area contributed by atoms with Gasteiger partial charge >= 0.3 is 0 Å². The first-order chi connectivity index (χ1) is 6.86. The molecule has 0 aromatic rings. The van der Waals surface area contributed by atoms with Crippen LogP contribution in [-0.4, -0.2) is 30.7 Å². The third-order valence-corrected chi connectivity index (χ3v) is 2.51. The van der Waals surface area contributed by atoms with Crippen LogP contribution in [0.3, 0.4) is 0 Å². The summed E-state index contributed by atoms with van der Waals surface area (Å²) >= 11 is 0. The summed E-state index contributed by atoms with van der Waals surface area (Å²) in [5, 5.41) is 9.74. The molecule has 0 radical (unpaired) electrons. The number of allylic oxidation sites excluding steroid dienone is 2. The van der Waals surface area contributed by atoms with Crippen LogP contribution in [0.4, 0.5) is 0 Å². The van der Waals surface area contributed by atoms with Crippen LogP contribution in [0.5, 0.6) is 0 Å². The Morgan fingerprint density at radius 2 is 2.43 bits per heavy atom. The van der Waals surface area contributed by atoms with Gasteiger partial charge in [-0.3, -0.25) is 0 Å². The van der Waals surface area contributed by atoms with Gasteiger partial charge in [0, 0.05) is 6.42 Å². The second-order valence-electron chi connectivity index (χ2n) is 3.62. The molecule has 0 spiro atoms. The summed E-state index contributed by atoms with van der Waals surface area (Å²) in [6, 6.07) is 0. The van der Waals surface area contributed by atoms with E-state index in [9.17, 15) is 5.11 Å². The highest BCUT2D eigenvalue weighted by Crippen LogP contribution is 2.16. The van der Waals surface area contributed by atoms with Gasteiger partial charge in [0.1, 0.15) is 6.10 Å². The predicted octanol–water partition coefficient (Wildman–Crippen LogP) is 1.39. The molecule has 0 aromatic heterocycles. The van der Waals surface area contributed by atoms with Gasteiger partial charge in [0.2, 0.25) is 0 Å². The first-order valence-corrected chi connectivity index (χ1v) is 5.14. The van der Waals surface area contributed by atoms with Gasteiger partial charge < -0.3 is 14.6 Å². The molecule has 1 N–H and O–H groups in total. The minimum absolute atomic E-state index is 0.0854. The van der Waals surface area contributed by atoms with Gasteiger partial charge in [-0.15, -0.1) is 0 Å². The van der Waals surface area contributed by atoms with E-state index >= 15 is 0 Å². The van der Waals surface area contributed by atoms with E-state index in [1.807, 2.05) is 6.08 Å². The first kappa shape index (κ1) is 9.90. The second kappa shape index (κ2) is 4.73. The van der Waals surface area contributed by atoms with Gasteiger partial charge in [-0.2, -0.15) is 0 Å². The van der Waals surface area contributed by atoms with Crippen molar-refractivity contribution in [3.8, 4) is 0 Å².